The number of thioether (sulfide) groups is 1. The minimum atomic E-state index is -4.37. The fourth-order valence-corrected chi connectivity index (χ4v) is 2.78. The van der Waals surface area contributed by atoms with Crippen molar-refractivity contribution in [3.8, 4) is 5.75 Å². The van der Waals surface area contributed by atoms with Crippen LogP contribution in [0.1, 0.15) is 5.56 Å². The first-order chi connectivity index (χ1) is 9.85. The Labute approximate surface area is 124 Å². The molecule has 21 heavy (non-hydrogen) atoms. The van der Waals surface area contributed by atoms with E-state index in [1.165, 1.54) is 12.1 Å². The fourth-order valence-electron chi connectivity index (χ4n) is 1.84. The maximum atomic E-state index is 12.1. The normalized spacial score (nSPS) is 18.6. The third kappa shape index (κ3) is 4.82. The maximum absolute atomic E-state index is 12.1. The summed E-state index contributed by atoms with van der Waals surface area (Å²) in [5.41, 5.74) is 1.07. The van der Waals surface area contributed by atoms with Crippen molar-refractivity contribution < 1.29 is 22.7 Å². The van der Waals surface area contributed by atoms with Gasteiger partial charge in [-0.3, -0.25) is 10.1 Å². The molecule has 1 aliphatic rings. The lowest BCUT2D eigenvalue weighted by atomic mass is 10.2. The summed E-state index contributed by atoms with van der Waals surface area (Å²) in [6, 6.07) is 4.30. The van der Waals surface area contributed by atoms with Crippen LogP contribution in [0.15, 0.2) is 18.2 Å². The van der Waals surface area contributed by atoms with Crippen LogP contribution in [0.25, 0.3) is 0 Å². The minimum absolute atomic E-state index is 0.150. The summed E-state index contributed by atoms with van der Waals surface area (Å²) >= 11 is 1.64. The molecule has 1 unspecified atom stereocenters. The van der Waals surface area contributed by atoms with Gasteiger partial charge in [-0.25, -0.2) is 0 Å². The average molecular weight is 320 g/mol. The summed E-state index contributed by atoms with van der Waals surface area (Å²) in [5.74, 6) is 1.45. The molecular weight excluding hydrogens is 305 g/mol. The van der Waals surface area contributed by atoms with E-state index < -0.39 is 12.8 Å². The van der Waals surface area contributed by atoms with E-state index in [1.54, 1.807) is 24.8 Å². The summed E-state index contributed by atoms with van der Waals surface area (Å²) in [6.07, 6.45) is -4.37. The van der Waals surface area contributed by atoms with Gasteiger partial charge >= 0.3 is 6.18 Å². The first-order valence-electron chi connectivity index (χ1n) is 6.27. The van der Waals surface area contributed by atoms with Gasteiger partial charge in [-0.05, 0) is 30.7 Å². The largest absolute Gasteiger partial charge is 0.484 e. The summed E-state index contributed by atoms with van der Waals surface area (Å²) in [4.78, 5) is 11.9. The van der Waals surface area contributed by atoms with Crippen LogP contribution in [-0.2, 0) is 4.79 Å². The van der Waals surface area contributed by atoms with Crippen LogP contribution in [-0.4, -0.2) is 36.4 Å². The van der Waals surface area contributed by atoms with Crippen LogP contribution in [0.4, 0.5) is 18.9 Å². The Kier molecular flexibility index (Phi) is 5.00. The van der Waals surface area contributed by atoms with Crippen LogP contribution >= 0.6 is 11.8 Å². The zero-order valence-electron chi connectivity index (χ0n) is 11.3. The van der Waals surface area contributed by atoms with Crippen molar-refractivity contribution in [2.75, 3.05) is 23.6 Å². The van der Waals surface area contributed by atoms with Gasteiger partial charge in [-0.2, -0.15) is 13.2 Å². The van der Waals surface area contributed by atoms with Crippen molar-refractivity contribution in [3.05, 3.63) is 23.8 Å². The van der Waals surface area contributed by atoms with Gasteiger partial charge in [0.05, 0.1) is 6.04 Å². The van der Waals surface area contributed by atoms with E-state index in [0.29, 0.717) is 17.0 Å². The second-order valence-electron chi connectivity index (χ2n) is 4.65. The molecule has 0 aromatic heterocycles. The molecule has 0 saturated carbocycles. The van der Waals surface area contributed by atoms with Crippen molar-refractivity contribution >= 4 is 23.4 Å². The number of halogens is 3. The molecule has 1 atom stereocenters. The molecule has 2 rings (SSSR count). The fraction of sp³-hybridized carbons (Fsp3) is 0.462. The zero-order chi connectivity index (χ0) is 15.5. The number of hydrogen-bond acceptors (Lipinski definition) is 4. The quantitative estimate of drug-likeness (QED) is 0.895. The molecule has 0 aliphatic carbocycles. The Morgan fingerprint density at radius 3 is 2.86 bits per heavy atom. The number of hydrogen-bond donors (Lipinski definition) is 2. The summed E-state index contributed by atoms with van der Waals surface area (Å²) in [6.45, 7) is 0.299. The molecule has 8 heteroatoms. The van der Waals surface area contributed by atoms with Crippen molar-refractivity contribution in [3.63, 3.8) is 0 Å². The molecule has 1 heterocycles. The van der Waals surface area contributed by atoms with Crippen LogP contribution in [0.2, 0.25) is 0 Å². The highest BCUT2D eigenvalue weighted by Gasteiger charge is 2.28. The first kappa shape index (κ1) is 16.0. The predicted octanol–water partition coefficient (Wildman–Crippen LogP) is 2.54. The van der Waals surface area contributed by atoms with Gasteiger partial charge in [0.15, 0.2) is 6.61 Å². The lowest BCUT2D eigenvalue weighted by molar-refractivity contribution is -0.153. The predicted molar refractivity (Wildman–Crippen MR) is 75.6 cm³/mol. The molecule has 1 saturated heterocycles. The van der Waals surface area contributed by atoms with E-state index >= 15 is 0 Å². The van der Waals surface area contributed by atoms with Crippen molar-refractivity contribution in [1.82, 2.24) is 5.32 Å². The monoisotopic (exact) mass is 320 g/mol. The SMILES string of the molecule is Cc1cc(NC(=O)C2CSCN2)ccc1OCC(F)(F)F. The highest BCUT2D eigenvalue weighted by molar-refractivity contribution is 7.99. The number of ether oxygens (including phenoxy) is 1. The number of anilines is 1. The maximum Gasteiger partial charge on any atom is 0.422 e. The van der Waals surface area contributed by atoms with Gasteiger partial charge in [-0.1, -0.05) is 0 Å². The molecule has 0 spiro atoms. The number of alkyl halides is 3. The van der Waals surface area contributed by atoms with Gasteiger partial charge in [0.25, 0.3) is 0 Å². The van der Waals surface area contributed by atoms with E-state index in [1.807, 2.05) is 0 Å². The number of amides is 1. The van der Waals surface area contributed by atoms with E-state index in [-0.39, 0.29) is 17.7 Å². The number of carbonyl (C=O) groups excluding carboxylic acids is 1. The summed E-state index contributed by atoms with van der Waals surface area (Å²) in [5, 5.41) is 5.77. The Hall–Kier alpha value is -1.41. The Morgan fingerprint density at radius 2 is 2.29 bits per heavy atom. The van der Waals surface area contributed by atoms with Gasteiger partial charge < -0.3 is 10.1 Å². The van der Waals surface area contributed by atoms with Gasteiger partial charge in [-0.15, -0.1) is 11.8 Å². The van der Waals surface area contributed by atoms with E-state index in [9.17, 15) is 18.0 Å². The third-order valence-corrected chi connectivity index (χ3v) is 3.81. The van der Waals surface area contributed by atoms with E-state index in [0.717, 1.165) is 5.88 Å². The number of aryl methyl sites for hydroxylation is 1. The smallest absolute Gasteiger partial charge is 0.422 e. The highest BCUT2D eigenvalue weighted by atomic mass is 32.2. The second kappa shape index (κ2) is 6.57. The summed E-state index contributed by atoms with van der Waals surface area (Å²) in [7, 11) is 0. The number of rotatable bonds is 4. The Morgan fingerprint density at radius 1 is 1.52 bits per heavy atom. The van der Waals surface area contributed by atoms with Gasteiger partial charge in [0.2, 0.25) is 5.91 Å². The first-order valence-corrected chi connectivity index (χ1v) is 7.43. The molecule has 1 aliphatic heterocycles. The van der Waals surface area contributed by atoms with E-state index in [2.05, 4.69) is 10.6 Å². The topological polar surface area (TPSA) is 50.4 Å². The van der Waals surface area contributed by atoms with Crippen LogP contribution in [0.5, 0.6) is 5.75 Å². The van der Waals surface area contributed by atoms with E-state index in [4.69, 9.17) is 4.74 Å². The molecule has 0 bridgehead atoms. The van der Waals surface area contributed by atoms with Crippen LogP contribution in [0.3, 0.4) is 0 Å². The summed E-state index contributed by atoms with van der Waals surface area (Å²) < 4.78 is 41.0. The van der Waals surface area contributed by atoms with Crippen molar-refractivity contribution in [2.45, 2.75) is 19.1 Å². The number of carbonyl (C=O) groups is 1. The average Bonchev–Trinajstić information content (AvgIpc) is 2.90. The van der Waals surface area contributed by atoms with Gasteiger partial charge in [0.1, 0.15) is 5.75 Å². The van der Waals surface area contributed by atoms with Crippen LogP contribution < -0.4 is 15.4 Å². The lowest BCUT2D eigenvalue weighted by Gasteiger charge is -2.14. The zero-order valence-corrected chi connectivity index (χ0v) is 12.1. The van der Waals surface area contributed by atoms with Gasteiger partial charge in [0, 0.05) is 17.3 Å². The molecule has 116 valence electrons. The molecule has 1 aromatic rings. The van der Waals surface area contributed by atoms with Crippen molar-refractivity contribution in [1.29, 1.82) is 0 Å². The second-order valence-corrected chi connectivity index (χ2v) is 5.68. The molecule has 1 amide bonds. The molecule has 0 radical (unpaired) electrons. The minimum Gasteiger partial charge on any atom is -0.484 e. The highest BCUT2D eigenvalue weighted by Crippen LogP contribution is 2.25. The molecule has 2 N–H and O–H groups in total. The molecule has 1 fully saturated rings. The lowest BCUT2D eigenvalue weighted by Crippen LogP contribution is -2.37. The molecule has 4 nitrogen and oxygen atoms in total. The molecular formula is C13H15F3N2O2S. The molecule has 1 aromatic carbocycles. The Bertz CT molecular complexity index is 517. The Balaban J connectivity index is 1.96. The number of nitrogens with one attached hydrogen (secondary N) is 2. The third-order valence-electron chi connectivity index (χ3n) is 2.87. The van der Waals surface area contributed by atoms with Crippen LogP contribution in [0, 0.1) is 6.92 Å². The van der Waals surface area contributed by atoms with Crippen molar-refractivity contribution in [2.24, 2.45) is 0 Å². The standard InChI is InChI=1S/C13H15F3N2O2S/c1-8-4-9(18-12(19)10-5-21-7-17-10)2-3-11(8)20-6-13(14,15)16/h2-4,10,17H,5-7H2,1H3,(H,18,19). The number of benzene rings is 1.